The molecule has 2 rings (SSSR count). The summed E-state index contributed by atoms with van der Waals surface area (Å²) in [6.07, 6.45) is 2.29. The summed E-state index contributed by atoms with van der Waals surface area (Å²) in [6, 6.07) is 0.112. The van der Waals surface area contributed by atoms with Crippen LogP contribution in [0.25, 0.3) is 0 Å². The second kappa shape index (κ2) is 4.47. The zero-order valence-electron chi connectivity index (χ0n) is 8.72. The maximum Gasteiger partial charge on any atom is 0.185 e. The molecule has 0 aliphatic heterocycles. The first-order chi connectivity index (χ1) is 8.49. The van der Waals surface area contributed by atoms with Crippen LogP contribution in [0.1, 0.15) is 0 Å². The highest BCUT2D eigenvalue weighted by Gasteiger charge is 2.19. The molecule has 0 unspecified atom stereocenters. The van der Waals surface area contributed by atoms with Crippen molar-refractivity contribution in [2.45, 2.75) is 0 Å². The summed E-state index contributed by atoms with van der Waals surface area (Å²) in [7, 11) is 0. The van der Waals surface area contributed by atoms with E-state index in [1.807, 2.05) is 0 Å². The van der Waals surface area contributed by atoms with Crippen LogP contribution in [0.4, 0.5) is 34.9 Å². The first kappa shape index (κ1) is 12.1. The van der Waals surface area contributed by atoms with Gasteiger partial charge in [0.25, 0.3) is 0 Å². The van der Waals surface area contributed by atoms with Gasteiger partial charge in [-0.1, -0.05) is 0 Å². The summed E-state index contributed by atoms with van der Waals surface area (Å²) in [5, 5.41) is 2.08. The number of nitrogens with two attached hydrogens (primary N) is 1. The third kappa shape index (κ3) is 2.17. The van der Waals surface area contributed by atoms with Gasteiger partial charge >= 0.3 is 0 Å². The van der Waals surface area contributed by atoms with Crippen LogP contribution in [0.5, 0.6) is 0 Å². The van der Waals surface area contributed by atoms with Crippen LogP contribution in [-0.2, 0) is 0 Å². The summed E-state index contributed by atoms with van der Waals surface area (Å²) in [6.45, 7) is 0. The Hall–Kier alpha value is -2.38. The van der Waals surface area contributed by atoms with Crippen LogP contribution >= 0.6 is 0 Å². The Morgan fingerprint density at radius 2 is 1.61 bits per heavy atom. The lowest BCUT2D eigenvalue weighted by molar-refractivity contribution is 0.459. The van der Waals surface area contributed by atoms with Crippen molar-refractivity contribution in [1.29, 1.82) is 0 Å². The summed E-state index contributed by atoms with van der Waals surface area (Å²) in [5.74, 6) is -6.31. The number of nitrogen functional groups attached to an aromatic ring is 1. The van der Waals surface area contributed by atoms with Gasteiger partial charge in [-0.2, -0.15) is 0 Å². The molecule has 4 nitrogen and oxygen atoms in total. The highest BCUT2D eigenvalue weighted by molar-refractivity contribution is 5.58. The lowest BCUT2D eigenvalue weighted by Gasteiger charge is -2.09. The molecule has 0 atom stereocenters. The van der Waals surface area contributed by atoms with Gasteiger partial charge in [0, 0.05) is 6.07 Å². The molecule has 2 aromatic rings. The average molecular weight is 258 g/mol. The van der Waals surface area contributed by atoms with Gasteiger partial charge in [0.1, 0.15) is 11.5 Å². The molecule has 0 bridgehead atoms. The number of hydrogen-bond donors (Lipinski definition) is 2. The van der Waals surface area contributed by atoms with E-state index in [1.54, 1.807) is 0 Å². The molecule has 1 aromatic heterocycles. The van der Waals surface area contributed by atoms with Crippen molar-refractivity contribution >= 4 is 17.3 Å². The highest BCUT2D eigenvalue weighted by atomic mass is 19.2. The van der Waals surface area contributed by atoms with Crippen LogP contribution in [-0.4, -0.2) is 9.97 Å². The van der Waals surface area contributed by atoms with E-state index >= 15 is 0 Å². The van der Waals surface area contributed by atoms with Crippen molar-refractivity contribution < 1.29 is 17.6 Å². The molecule has 18 heavy (non-hydrogen) atoms. The minimum Gasteiger partial charge on any atom is -0.382 e. The van der Waals surface area contributed by atoms with Gasteiger partial charge in [-0.15, -0.1) is 0 Å². The SMILES string of the molecule is Nc1cncc(Nc2c(F)c(F)cc(F)c2F)n1. The highest BCUT2D eigenvalue weighted by Crippen LogP contribution is 2.26. The third-order valence-electron chi connectivity index (χ3n) is 2.02. The van der Waals surface area contributed by atoms with Gasteiger partial charge in [0.05, 0.1) is 12.4 Å². The topological polar surface area (TPSA) is 63.8 Å². The van der Waals surface area contributed by atoms with Crippen LogP contribution in [0.3, 0.4) is 0 Å². The van der Waals surface area contributed by atoms with Crippen molar-refractivity contribution in [3.05, 3.63) is 41.7 Å². The van der Waals surface area contributed by atoms with Gasteiger partial charge in [-0.25, -0.2) is 22.5 Å². The first-order valence-electron chi connectivity index (χ1n) is 4.66. The van der Waals surface area contributed by atoms with E-state index in [0.29, 0.717) is 0 Å². The maximum absolute atomic E-state index is 13.3. The third-order valence-corrected chi connectivity index (χ3v) is 2.02. The van der Waals surface area contributed by atoms with E-state index < -0.39 is 29.0 Å². The number of aromatic nitrogens is 2. The zero-order valence-corrected chi connectivity index (χ0v) is 8.72. The molecule has 94 valence electrons. The molecule has 1 heterocycles. The Morgan fingerprint density at radius 1 is 1.00 bits per heavy atom. The number of nitrogens with one attached hydrogen (secondary N) is 1. The minimum atomic E-state index is -1.56. The zero-order chi connectivity index (χ0) is 13.3. The number of rotatable bonds is 2. The van der Waals surface area contributed by atoms with E-state index in [2.05, 4.69) is 15.3 Å². The Balaban J connectivity index is 2.46. The number of hydrogen-bond acceptors (Lipinski definition) is 4. The average Bonchev–Trinajstić information content (AvgIpc) is 2.32. The monoisotopic (exact) mass is 258 g/mol. The molecule has 0 saturated heterocycles. The van der Waals surface area contributed by atoms with Gasteiger partial charge in [0.15, 0.2) is 29.1 Å². The van der Waals surface area contributed by atoms with Gasteiger partial charge in [-0.05, 0) is 0 Å². The molecule has 1 aromatic carbocycles. The molecule has 0 aliphatic rings. The molecule has 8 heteroatoms. The predicted octanol–water partition coefficient (Wildman–Crippen LogP) is 2.36. The molecule has 0 aliphatic carbocycles. The van der Waals surface area contributed by atoms with Crippen molar-refractivity contribution in [1.82, 2.24) is 9.97 Å². The number of benzene rings is 1. The van der Waals surface area contributed by atoms with Crippen molar-refractivity contribution in [3.8, 4) is 0 Å². The lowest BCUT2D eigenvalue weighted by atomic mass is 10.2. The summed E-state index contributed by atoms with van der Waals surface area (Å²) < 4.78 is 52.4. The maximum atomic E-state index is 13.3. The number of nitrogens with zero attached hydrogens (tertiary/aromatic N) is 2. The first-order valence-corrected chi connectivity index (χ1v) is 4.66. The van der Waals surface area contributed by atoms with Crippen LogP contribution in [0, 0.1) is 23.3 Å². The van der Waals surface area contributed by atoms with E-state index in [1.165, 1.54) is 6.20 Å². The van der Waals surface area contributed by atoms with Gasteiger partial charge in [0.2, 0.25) is 0 Å². The molecule has 3 N–H and O–H groups in total. The van der Waals surface area contributed by atoms with Crippen molar-refractivity contribution in [3.63, 3.8) is 0 Å². The fourth-order valence-electron chi connectivity index (χ4n) is 1.25. The van der Waals surface area contributed by atoms with E-state index in [9.17, 15) is 17.6 Å². The largest absolute Gasteiger partial charge is 0.382 e. The van der Waals surface area contributed by atoms with Crippen molar-refractivity contribution in [2.24, 2.45) is 0 Å². The Bertz CT molecular complexity index is 576. The standard InChI is InChI=1S/C10H6F4N4/c11-4-1-5(12)9(14)10(8(4)13)18-7-3-16-2-6(15)17-7/h1-3H,(H3,15,17,18). The smallest absolute Gasteiger partial charge is 0.185 e. The Morgan fingerprint density at radius 3 is 2.17 bits per heavy atom. The summed E-state index contributed by atoms with van der Waals surface area (Å²) >= 11 is 0. The van der Waals surface area contributed by atoms with E-state index in [0.717, 1.165) is 6.20 Å². The summed E-state index contributed by atoms with van der Waals surface area (Å²) in [5.41, 5.74) is 4.31. The van der Waals surface area contributed by atoms with Gasteiger partial charge < -0.3 is 11.1 Å². The normalized spacial score (nSPS) is 10.4. The fourth-order valence-corrected chi connectivity index (χ4v) is 1.25. The number of halogens is 4. The predicted molar refractivity (Wildman–Crippen MR) is 56.0 cm³/mol. The molecular formula is C10H6F4N4. The lowest BCUT2D eigenvalue weighted by Crippen LogP contribution is -2.05. The van der Waals surface area contributed by atoms with E-state index in [-0.39, 0.29) is 17.7 Å². The quantitative estimate of drug-likeness (QED) is 0.641. The molecule has 0 amide bonds. The second-order valence-electron chi connectivity index (χ2n) is 3.30. The molecular weight excluding hydrogens is 252 g/mol. The Kier molecular flexibility index (Phi) is 3.00. The van der Waals surface area contributed by atoms with Crippen LogP contribution < -0.4 is 11.1 Å². The summed E-state index contributed by atoms with van der Waals surface area (Å²) in [4.78, 5) is 7.24. The minimum absolute atomic E-state index is 0.0160. The molecule has 0 radical (unpaired) electrons. The van der Waals surface area contributed by atoms with Crippen LogP contribution in [0.15, 0.2) is 18.5 Å². The fraction of sp³-hybridized carbons (Fsp3) is 0. The van der Waals surface area contributed by atoms with E-state index in [4.69, 9.17) is 5.73 Å². The number of anilines is 3. The van der Waals surface area contributed by atoms with Crippen LogP contribution in [0.2, 0.25) is 0 Å². The van der Waals surface area contributed by atoms with Gasteiger partial charge in [-0.3, -0.25) is 4.98 Å². The molecule has 0 saturated carbocycles. The molecule has 0 spiro atoms. The molecule has 0 fully saturated rings. The Labute approximate surface area is 98.5 Å². The van der Waals surface area contributed by atoms with Crippen molar-refractivity contribution in [2.75, 3.05) is 11.1 Å². The second-order valence-corrected chi connectivity index (χ2v) is 3.30.